The van der Waals surface area contributed by atoms with Crippen LogP contribution in [0.3, 0.4) is 0 Å². The predicted molar refractivity (Wildman–Crippen MR) is 95.0 cm³/mol. The molecule has 2 atom stereocenters. The van der Waals surface area contributed by atoms with Crippen LogP contribution in [0.2, 0.25) is 24.2 Å². The van der Waals surface area contributed by atoms with E-state index in [0.29, 0.717) is 37.8 Å². The Labute approximate surface area is 138 Å². The van der Waals surface area contributed by atoms with Crippen molar-refractivity contribution in [1.82, 2.24) is 0 Å². The molecule has 0 saturated heterocycles. The quantitative estimate of drug-likeness (QED) is 0.200. The lowest BCUT2D eigenvalue weighted by molar-refractivity contribution is 0.316. The average molecular weight is 359 g/mol. The van der Waals surface area contributed by atoms with Gasteiger partial charge in [0.25, 0.3) is 0 Å². The van der Waals surface area contributed by atoms with Gasteiger partial charge in [0.15, 0.2) is 0 Å². The highest BCUT2D eigenvalue weighted by molar-refractivity contribution is 6.35. The SMILES string of the molecule is FCCCC(F)C[SiH2]CCCCCC[SiH2]CC(F)CCCF. The topological polar surface area (TPSA) is 0 Å². The molecule has 2 unspecified atom stereocenters. The second-order valence-corrected chi connectivity index (χ2v) is 10.2. The van der Waals surface area contributed by atoms with Gasteiger partial charge in [-0.05, 0) is 37.8 Å². The fourth-order valence-corrected chi connectivity index (χ4v) is 6.13. The molecular formula is C16H34F4Si2. The molecule has 0 aromatic heterocycles. The number of rotatable bonds is 17. The summed E-state index contributed by atoms with van der Waals surface area (Å²) < 4.78 is 50.3. The zero-order valence-corrected chi connectivity index (χ0v) is 16.8. The van der Waals surface area contributed by atoms with Crippen LogP contribution in [0.25, 0.3) is 0 Å². The van der Waals surface area contributed by atoms with Gasteiger partial charge < -0.3 is 0 Å². The van der Waals surface area contributed by atoms with E-state index in [-0.39, 0.29) is 19.0 Å². The molecule has 0 aliphatic heterocycles. The molecule has 0 radical (unpaired) electrons. The number of hydrogen-bond donors (Lipinski definition) is 0. The minimum absolute atomic E-state index is 0.296. The van der Waals surface area contributed by atoms with Crippen LogP contribution in [0.5, 0.6) is 0 Å². The van der Waals surface area contributed by atoms with Gasteiger partial charge in [-0.25, -0.2) is 8.78 Å². The molecule has 6 heteroatoms. The van der Waals surface area contributed by atoms with E-state index >= 15 is 0 Å². The van der Waals surface area contributed by atoms with Crippen molar-refractivity contribution < 1.29 is 17.6 Å². The smallest absolute Gasteiger partial charge is 0.0974 e. The number of halogens is 4. The van der Waals surface area contributed by atoms with E-state index in [0.717, 1.165) is 0 Å². The Hall–Kier alpha value is 0.154. The largest absolute Gasteiger partial charge is 0.251 e. The molecule has 22 heavy (non-hydrogen) atoms. The lowest BCUT2D eigenvalue weighted by atomic mass is 10.2. The van der Waals surface area contributed by atoms with Crippen LogP contribution in [0.1, 0.15) is 51.4 Å². The van der Waals surface area contributed by atoms with Gasteiger partial charge >= 0.3 is 0 Å². The lowest BCUT2D eigenvalue weighted by Gasteiger charge is -2.07. The van der Waals surface area contributed by atoms with Crippen molar-refractivity contribution in [3.63, 3.8) is 0 Å². The van der Waals surface area contributed by atoms with E-state index < -0.39 is 25.7 Å². The Morgan fingerprint density at radius 3 is 1.36 bits per heavy atom. The predicted octanol–water partition coefficient (Wildman–Crippen LogP) is 4.73. The van der Waals surface area contributed by atoms with Gasteiger partial charge in [-0.15, -0.1) is 0 Å². The van der Waals surface area contributed by atoms with E-state index in [1.165, 1.54) is 37.8 Å². The molecule has 0 spiro atoms. The monoisotopic (exact) mass is 358 g/mol. The normalized spacial score (nSPS) is 15.3. The first-order valence-electron chi connectivity index (χ1n) is 9.10. The fraction of sp³-hybridized carbons (Fsp3) is 1.00. The highest BCUT2D eigenvalue weighted by atomic mass is 28.2. The third kappa shape index (κ3) is 16.5. The van der Waals surface area contributed by atoms with Crippen LogP contribution in [-0.2, 0) is 0 Å². The molecule has 0 fully saturated rings. The Balaban J connectivity index is 3.14. The zero-order valence-electron chi connectivity index (χ0n) is 14.0. The summed E-state index contributed by atoms with van der Waals surface area (Å²) in [4.78, 5) is 0. The van der Waals surface area contributed by atoms with Crippen molar-refractivity contribution in [3.05, 3.63) is 0 Å². The summed E-state index contributed by atoms with van der Waals surface area (Å²) in [5.74, 6) is 0. The molecule has 0 rings (SSSR count). The second kappa shape index (κ2) is 17.5. The van der Waals surface area contributed by atoms with Crippen LogP contribution >= 0.6 is 0 Å². The van der Waals surface area contributed by atoms with E-state index in [2.05, 4.69) is 0 Å². The molecule has 0 aliphatic carbocycles. The summed E-state index contributed by atoms with van der Waals surface area (Å²) in [7, 11) is -0.592. The first kappa shape index (κ1) is 22.2. The molecule has 0 bridgehead atoms. The molecule has 0 aliphatic rings. The molecule has 0 saturated carbocycles. The van der Waals surface area contributed by atoms with Crippen LogP contribution < -0.4 is 0 Å². The van der Waals surface area contributed by atoms with E-state index in [4.69, 9.17) is 0 Å². The molecule has 0 nitrogen and oxygen atoms in total. The number of unbranched alkanes of at least 4 members (excludes halogenated alkanes) is 3. The van der Waals surface area contributed by atoms with E-state index in [9.17, 15) is 17.6 Å². The van der Waals surface area contributed by atoms with Gasteiger partial charge in [0.1, 0.15) is 0 Å². The van der Waals surface area contributed by atoms with Crippen molar-refractivity contribution in [3.8, 4) is 0 Å². The fourth-order valence-electron chi connectivity index (χ4n) is 2.68. The lowest BCUT2D eigenvalue weighted by Crippen LogP contribution is -2.05. The molecule has 0 amide bonds. The van der Waals surface area contributed by atoms with E-state index in [1.54, 1.807) is 0 Å². The van der Waals surface area contributed by atoms with Crippen LogP contribution in [0.15, 0.2) is 0 Å². The molecule has 0 aromatic carbocycles. The Morgan fingerprint density at radius 1 is 0.591 bits per heavy atom. The summed E-state index contributed by atoms with van der Waals surface area (Å²) in [6.07, 6.45) is 4.83. The maximum atomic E-state index is 13.3. The van der Waals surface area contributed by atoms with E-state index in [1.807, 2.05) is 0 Å². The van der Waals surface area contributed by atoms with Gasteiger partial charge in [0.2, 0.25) is 0 Å². The molecular weight excluding hydrogens is 324 g/mol. The maximum Gasteiger partial charge on any atom is 0.0974 e. The van der Waals surface area contributed by atoms with Crippen molar-refractivity contribution >= 4 is 19.0 Å². The molecule has 0 aromatic rings. The average Bonchev–Trinajstić information content (AvgIpc) is 2.52. The minimum Gasteiger partial charge on any atom is -0.251 e. The third-order valence-electron chi connectivity index (χ3n) is 4.09. The van der Waals surface area contributed by atoms with Gasteiger partial charge in [-0.1, -0.05) is 37.8 Å². The number of hydrogen-bond acceptors (Lipinski definition) is 0. The Bertz CT molecular complexity index is 198. The second-order valence-electron chi connectivity index (χ2n) is 6.26. The maximum absolute atomic E-state index is 13.3. The van der Waals surface area contributed by atoms with Crippen LogP contribution in [0, 0.1) is 0 Å². The van der Waals surface area contributed by atoms with Crippen LogP contribution in [0.4, 0.5) is 17.6 Å². The van der Waals surface area contributed by atoms with Crippen molar-refractivity contribution in [2.24, 2.45) is 0 Å². The van der Waals surface area contributed by atoms with Crippen molar-refractivity contribution in [2.75, 3.05) is 13.3 Å². The first-order valence-corrected chi connectivity index (χ1v) is 13.1. The van der Waals surface area contributed by atoms with Crippen molar-refractivity contribution in [1.29, 1.82) is 0 Å². The zero-order chi connectivity index (χ0) is 16.5. The van der Waals surface area contributed by atoms with Gasteiger partial charge in [0.05, 0.1) is 25.7 Å². The highest BCUT2D eigenvalue weighted by Gasteiger charge is 2.07. The number of alkyl halides is 4. The summed E-state index contributed by atoms with van der Waals surface area (Å²) in [6.45, 7) is -0.797. The summed E-state index contributed by atoms with van der Waals surface area (Å²) in [5.41, 5.74) is 0. The van der Waals surface area contributed by atoms with Gasteiger partial charge in [0, 0.05) is 19.0 Å². The Morgan fingerprint density at radius 2 is 1.00 bits per heavy atom. The molecule has 0 N–H and O–H groups in total. The summed E-state index contributed by atoms with van der Waals surface area (Å²) in [6, 6.07) is 3.82. The summed E-state index contributed by atoms with van der Waals surface area (Å²) in [5, 5.41) is 0. The molecule has 0 heterocycles. The first-order chi connectivity index (χ1) is 10.7. The third-order valence-corrected chi connectivity index (χ3v) is 8.16. The highest BCUT2D eigenvalue weighted by Crippen LogP contribution is 2.12. The van der Waals surface area contributed by atoms with Crippen molar-refractivity contribution in [2.45, 2.75) is 87.9 Å². The minimum atomic E-state index is -0.764. The van der Waals surface area contributed by atoms with Crippen LogP contribution in [-0.4, -0.2) is 44.7 Å². The van der Waals surface area contributed by atoms with Gasteiger partial charge in [-0.3, -0.25) is 8.78 Å². The molecule has 134 valence electrons. The summed E-state index contributed by atoms with van der Waals surface area (Å²) >= 11 is 0. The van der Waals surface area contributed by atoms with Gasteiger partial charge in [-0.2, -0.15) is 0 Å². The standard InChI is InChI=1S/C16H34F4Si2/c17-9-5-7-15(19)13-21-11-3-1-2-4-12-22-14-16(20)8-6-10-18/h15-16H,1-14,21-22H2. The Kier molecular flexibility index (Phi) is 17.6.